The minimum absolute atomic E-state index is 0.0264. The van der Waals surface area contributed by atoms with Gasteiger partial charge in [-0.05, 0) is 56.7 Å². The first kappa shape index (κ1) is 19.6. The average molecular weight is 410 g/mol. The zero-order chi connectivity index (χ0) is 21.9. The largest absolute Gasteiger partial charge is 0.287 e. The van der Waals surface area contributed by atoms with Gasteiger partial charge >= 0.3 is 0 Å². The Kier molecular flexibility index (Phi) is 4.33. The summed E-state index contributed by atoms with van der Waals surface area (Å²) in [4.78, 5) is 4.47. The van der Waals surface area contributed by atoms with Crippen LogP contribution < -0.4 is 4.57 Å². The molecule has 1 aromatic heterocycles. The Balaban J connectivity index is 1.97. The average Bonchev–Trinajstić information content (AvgIpc) is 2.74. The van der Waals surface area contributed by atoms with Gasteiger partial charge in [0.15, 0.2) is 5.82 Å². The van der Waals surface area contributed by atoms with Crippen molar-refractivity contribution in [3.8, 4) is 11.3 Å². The molecule has 1 heterocycles. The highest BCUT2D eigenvalue weighted by Crippen LogP contribution is 2.39. The smallest absolute Gasteiger partial charge is 0.232 e. The maximum Gasteiger partial charge on any atom is 0.287 e. The second-order valence-electron chi connectivity index (χ2n) is 9.40. The zero-order valence-electron chi connectivity index (χ0n) is 18.6. The minimum Gasteiger partial charge on any atom is -0.232 e. The standard InChI is InChI=1S/C28H26FN2/c1-17-19-11-8-9-13-21(19)24(28(2,3)4)15-22(17)27-23-14-18-10-6-7-12-20(18)25(29)26(23)30-16-31(27)5/h6-16H,1-5H3/q+1. The molecule has 0 spiro atoms. The maximum atomic E-state index is 15.4. The van der Waals surface area contributed by atoms with Crippen LogP contribution in [0.25, 0.3) is 43.7 Å². The number of benzene rings is 4. The molecule has 0 N–H and O–H groups in total. The number of hydrogen-bond donors (Lipinski definition) is 0. The van der Waals surface area contributed by atoms with E-state index in [4.69, 9.17) is 0 Å². The highest BCUT2D eigenvalue weighted by Gasteiger charge is 2.25. The van der Waals surface area contributed by atoms with Crippen LogP contribution in [0.3, 0.4) is 0 Å². The molecule has 5 rings (SSSR count). The molecular formula is C28H26FN2+. The molecule has 0 aliphatic heterocycles. The summed E-state index contributed by atoms with van der Waals surface area (Å²) in [6.07, 6.45) is 1.72. The summed E-state index contributed by atoms with van der Waals surface area (Å²) in [6, 6.07) is 20.5. The fourth-order valence-electron chi connectivity index (χ4n) is 4.71. The second kappa shape index (κ2) is 6.84. The van der Waals surface area contributed by atoms with Crippen molar-refractivity contribution < 1.29 is 8.96 Å². The molecule has 0 amide bonds. The summed E-state index contributed by atoms with van der Waals surface area (Å²) in [5.74, 6) is -0.260. The van der Waals surface area contributed by atoms with Crippen LogP contribution in [0.15, 0.2) is 67.0 Å². The third kappa shape index (κ3) is 2.99. The van der Waals surface area contributed by atoms with E-state index < -0.39 is 0 Å². The first-order valence-electron chi connectivity index (χ1n) is 10.7. The Morgan fingerprint density at radius 1 is 0.839 bits per heavy atom. The van der Waals surface area contributed by atoms with Gasteiger partial charge < -0.3 is 0 Å². The van der Waals surface area contributed by atoms with Crippen LogP contribution in [0.2, 0.25) is 0 Å². The number of hydrogen-bond acceptors (Lipinski definition) is 1. The molecule has 0 saturated carbocycles. The first-order chi connectivity index (χ1) is 14.8. The predicted molar refractivity (Wildman–Crippen MR) is 127 cm³/mol. The summed E-state index contributed by atoms with van der Waals surface area (Å²) < 4.78 is 17.5. The van der Waals surface area contributed by atoms with Gasteiger partial charge in [-0.2, -0.15) is 0 Å². The van der Waals surface area contributed by atoms with Crippen molar-refractivity contribution in [1.29, 1.82) is 0 Å². The molecule has 0 aliphatic carbocycles. The Morgan fingerprint density at radius 3 is 2.19 bits per heavy atom. The van der Waals surface area contributed by atoms with Crippen LogP contribution in [-0.2, 0) is 12.5 Å². The van der Waals surface area contributed by atoms with Gasteiger partial charge in [0.25, 0.3) is 6.33 Å². The van der Waals surface area contributed by atoms with E-state index in [0.717, 1.165) is 22.0 Å². The number of rotatable bonds is 1. The first-order valence-corrected chi connectivity index (χ1v) is 10.7. The lowest BCUT2D eigenvalue weighted by Crippen LogP contribution is -2.32. The fourth-order valence-corrected chi connectivity index (χ4v) is 4.71. The van der Waals surface area contributed by atoms with Gasteiger partial charge in [-0.1, -0.05) is 69.3 Å². The lowest BCUT2D eigenvalue weighted by atomic mass is 9.80. The van der Waals surface area contributed by atoms with Crippen molar-refractivity contribution >= 4 is 32.4 Å². The van der Waals surface area contributed by atoms with E-state index in [-0.39, 0.29) is 11.2 Å². The topological polar surface area (TPSA) is 16.8 Å². The predicted octanol–water partition coefficient (Wildman–Crippen LogP) is 6.78. The third-order valence-electron chi connectivity index (χ3n) is 6.31. The van der Waals surface area contributed by atoms with Crippen LogP contribution in [0.5, 0.6) is 0 Å². The molecule has 31 heavy (non-hydrogen) atoms. The van der Waals surface area contributed by atoms with Crippen LogP contribution in [0.1, 0.15) is 31.9 Å². The number of halogens is 1. The highest BCUT2D eigenvalue weighted by atomic mass is 19.1. The number of fused-ring (bicyclic) bond motifs is 3. The second-order valence-corrected chi connectivity index (χ2v) is 9.40. The Morgan fingerprint density at radius 2 is 1.48 bits per heavy atom. The molecule has 5 aromatic rings. The molecule has 0 unspecified atom stereocenters. The lowest BCUT2D eigenvalue weighted by Gasteiger charge is -2.24. The highest BCUT2D eigenvalue weighted by molar-refractivity contribution is 6.04. The van der Waals surface area contributed by atoms with E-state index in [9.17, 15) is 0 Å². The van der Waals surface area contributed by atoms with Crippen molar-refractivity contribution in [1.82, 2.24) is 4.98 Å². The molecule has 4 aromatic carbocycles. The molecule has 2 nitrogen and oxygen atoms in total. The van der Waals surface area contributed by atoms with E-state index in [2.05, 4.69) is 69.1 Å². The third-order valence-corrected chi connectivity index (χ3v) is 6.31. The van der Waals surface area contributed by atoms with Gasteiger partial charge in [-0.3, -0.25) is 0 Å². The quantitative estimate of drug-likeness (QED) is 0.220. The summed E-state index contributed by atoms with van der Waals surface area (Å²) in [6.45, 7) is 8.89. The van der Waals surface area contributed by atoms with Crippen molar-refractivity contribution in [2.45, 2.75) is 33.1 Å². The minimum atomic E-state index is -0.260. The number of aryl methyl sites for hydroxylation is 2. The van der Waals surface area contributed by atoms with E-state index in [1.165, 1.54) is 21.9 Å². The zero-order valence-corrected chi connectivity index (χ0v) is 18.6. The van der Waals surface area contributed by atoms with E-state index in [1.54, 1.807) is 6.33 Å². The molecule has 0 fully saturated rings. The van der Waals surface area contributed by atoms with Crippen molar-refractivity contribution in [2.75, 3.05) is 0 Å². The van der Waals surface area contributed by atoms with Gasteiger partial charge in [0, 0.05) is 10.9 Å². The van der Waals surface area contributed by atoms with E-state index in [1.807, 2.05) is 35.9 Å². The van der Waals surface area contributed by atoms with E-state index >= 15 is 4.39 Å². The Labute approximate surface area is 182 Å². The van der Waals surface area contributed by atoms with Crippen LogP contribution >= 0.6 is 0 Å². The van der Waals surface area contributed by atoms with E-state index in [0.29, 0.717) is 10.9 Å². The van der Waals surface area contributed by atoms with Crippen LogP contribution in [0.4, 0.5) is 4.39 Å². The lowest BCUT2D eigenvalue weighted by molar-refractivity contribution is -0.662. The fraction of sp³-hybridized carbons (Fsp3) is 0.214. The molecule has 3 heteroatoms. The SMILES string of the molecule is Cc1c(-c2c3cc4ccccc4c(F)c3nc[n+]2C)cc(C(C)(C)C)c2ccccc12. The summed E-state index contributed by atoms with van der Waals surface area (Å²) in [7, 11) is 1.99. The Bertz CT molecular complexity index is 1490. The van der Waals surface area contributed by atoms with Gasteiger partial charge in [-0.15, -0.1) is 0 Å². The monoisotopic (exact) mass is 409 g/mol. The van der Waals surface area contributed by atoms with Crippen molar-refractivity contribution in [3.63, 3.8) is 0 Å². The normalized spacial score (nSPS) is 12.2. The summed E-state index contributed by atoms with van der Waals surface area (Å²) in [5.41, 5.74) is 4.98. The molecule has 0 saturated heterocycles. The molecule has 0 atom stereocenters. The summed E-state index contributed by atoms with van der Waals surface area (Å²) >= 11 is 0. The van der Waals surface area contributed by atoms with Crippen LogP contribution in [-0.4, -0.2) is 4.98 Å². The van der Waals surface area contributed by atoms with Crippen molar-refractivity contribution in [2.24, 2.45) is 7.05 Å². The Hall–Kier alpha value is -3.33. The van der Waals surface area contributed by atoms with Crippen molar-refractivity contribution in [3.05, 3.63) is 83.9 Å². The van der Waals surface area contributed by atoms with Gasteiger partial charge in [0.1, 0.15) is 5.69 Å². The molecule has 0 bridgehead atoms. The number of nitrogens with zero attached hydrogens (tertiary/aromatic N) is 2. The molecule has 0 aliphatic rings. The molecule has 0 radical (unpaired) electrons. The molecular weight excluding hydrogens is 383 g/mol. The maximum absolute atomic E-state index is 15.4. The van der Waals surface area contributed by atoms with Crippen LogP contribution in [0, 0.1) is 12.7 Å². The summed E-state index contributed by atoms with van der Waals surface area (Å²) in [5, 5.41) is 4.83. The van der Waals surface area contributed by atoms with Gasteiger partial charge in [-0.25, -0.2) is 8.96 Å². The van der Waals surface area contributed by atoms with Gasteiger partial charge in [0.05, 0.1) is 12.4 Å². The molecule has 154 valence electrons. The number of aromatic nitrogens is 2. The van der Waals surface area contributed by atoms with Gasteiger partial charge in [0.2, 0.25) is 5.52 Å².